The number of rotatable bonds is 6. The third-order valence-corrected chi connectivity index (χ3v) is 3.77. The maximum Gasteiger partial charge on any atom is 0.411 e. The van der Waals surface area contributed by atoms with Gasteiger partial charge in [0.2, 0.25) is 5.91 Å². The molecule has 0 spiro atoms. The average molecular weight is 369 g/mol. The van der Waals surface area contributed by atoms with E-state index in [2.05, 4.69) is 20.7 Å². The highest BCUT2D eigenvalue weighted by Gasteiger charge is 2.09. The summed E-state index contributed by atoms with van der Waals surface area (Å²) in [6, 6.07) is 12.5. The fourth-order valence-electron chi connectivity index (χ4n) is 2.51. The Morgan fingerprint density at radius 2 is 1.56 bits per heavy atom. The minimum absolute atomic E-state index is 0.103. The lowest BCUT2D eigenvalue weighted by Gasteiger charge is -2.09. The standard InChI is InChI=1S/C20H23N3O4/c1-13-8-14(2)10-16(9-13)19(25)22-12-18(24)21-11-15-4-6-17(7-5-15)23-20(26)27-3/h4-10H,11-12H2,1-3H3,(H,21,24)(H,22,25)(H,23,26). The van der Waals surface area contributed by atoms with Gasteiger partial charge in [-0.15, -0.1) is 0 Å². The molecule has 0 saturated heterocycles. The van der Waals surface area contributed by atoms with Crippen LogP contribution in [-0.4, -0.2) is 31.6 Å². The van der Waals surface area contributed by atoms with Crippen LogP contribution in [0.3, 0.4) is 0 Å². The second-order valence-electron chi connectivity index (χ2n) is 6.15. The van der Waals surface area contributed by atoms with E-state index in [1.165, 1.54) is 7.11 Å². The molecule has 0 aromatic heterocycles. The summed E-state index contributed by atoms with van der Waals surface area (Å²) in [4.78, 5) is 35.2. The number of amides is 3. The van der Waals surface area contributed by atoms with Gasteiger partial charge in [-0.1, -0.05) is 29.3 Å². The smallest absolute Gasteiger partial charge is 0.411 e. The zero-order valence-electron chi connectivity index (χ0n) is 15.6. The lowest BCUT2D eigenvalue weighted by atomic mass is 10.1. The minimum atomic E-state index is -0.546. The van der Waals surface area contributed by atoms with Crippen LogP contribution in [0, 0.1) is 13.8 Å². The first kappa shape index (κ1) is 20.0. The molecule has 0 aliphatic carbocycles. The second-order valence-corrected chi connectivity index (χ2v) is 6.15. The van der Waals surface area contributed by atoms with Gasteiger partial charge >= 0.3 is 6.09 Å². The SMILES string of the molecule is COC(=O)Nc1ccc(CNC(=O)CNC(=O)c2cc(C)cc(C)c2)cc1. The molecule has 0 radical (unpaired) electrons. The van der Waals surface area contributed by atoms with E-state index in [1.54, 1.807) is 36.4 Å². The molecule has 2 aromatic carbocycles. The molecule has 0 atom stereocenters. The van der Waals surface area contributed by atoms with E-state index >= 15 is 0 Å². The van der Waals surface area contributed by atoms with Gasteiger partial charge in [-0.25, -0.2) is 4.79 Å². The number of aryl methyl sites for hydroxylation is 2. The normalized spacial score (nSPS) is 10.0. The van der Waals surface area contributed by atoms with Crippen molar-refractivity contribution in [3.05, 3.63) is 64.7 Å². The van der Waals surface area contributed by atoms with Crippen LogP contribution < -0.4 is 16.0 Å². The molecule has 142 valence electrons. The van der Waals surface area contributed by atoms with Gasteiger partial charge in [0, 0.05) is 17.8 Å². The van der Waals surface area contributed by atoms with Crippen LogP contribution >= 0.6 is 0 Å². The van der Waals surface area contributed by atoms with E-state index in [1.807, 2.05) is 19.9 Å². The van der Waals surface area contributed by atoms with E-state index in [0.717, 1.165) is 16.7 Å². The number of nitrogens with one attached hydrogen (secondary N) is 3. The molecule has 0 heterocycles. The molecule has 0 unspecified atom stereocenters. The summed E-state index contributed by atoms with van der Waals surface area (Å²) in [6.07, 6.45) is -0.546. The molecule has 7 heteroatoms. The number of hydrogen-bond donors (Lipinski definition) is 3. The van der Waals surface area contributed by atoms with Gasteiger partial charge in [-0.05, 0) is 43.7 Å². The average Bonchev–Trinajstić information content (AvgIpc) is 2.64. The van der Waals surface area contributed by atoms with Gasteiger partial charge < -0.3 is 15.4 Å². The topological polar surface area (TPSA) is 96.5 Å². The summed E-state index contributed by atoms with van der Waals surface area (Å²) in [6.45, 7) is 4.05. The minimum Gasteiger partial charge on any atom is -0.453 e. The number of hydrogen-bond acceptors (Lipinski definition) is 4. The van der Waals surface area contributed by atoms with Gasteiger partial charge in [-0.3, -0.25) is 14.9 Å². The van der Waals surface area contributed by atoms with E-state index in [9.17, 15) is 14.4 Å². The fourth-order valence-corrected chi connectivity index (χ4v) is 2.51. The molecule has 3 amide bonds. The molecule has 2 rings (SSSR count). The predicted molar refractivity (Wildman–Crippen MR) is 103 cm³/mol. The number of methoxy groups -OCH3 is 1. The zero-order valence-corrected chi connectivity index (χ0v) is 15.6. The Hall–Kier alpha value is -3.35. The van der Waals surface area contributed by atoms with Crippen LogP contribution in [0.15, 0.2) is 42.5 Å². The Morgan fingerprint density at radius 1 is 0.926 bits per heavy atom. The van der Waals surface area contributed by atoms with Crippen LogP contribution in [0.4, 0.5) is 10.5 Å². The highest BCUT2D eigenvalue weighted by molar-refractivity contribution is 5.96. The lowest BCUT2D eigenvalue weighted by molar-refractivity contribution is -0.120. The van der Waals surface area contributed by atoms with Crippen molar-refractivity contribution in [1.29, 1.82) is 0 Å². The van der Waals surface area contributed by atoms with Gasteiger partial charge in [0.25, 0.3) is 5.91 Å². The van der Waals surface area contributed by atoms with Crippen molar-refractivity contribution in [3.63, 3.8) is 0 Å². The van der Waals surface area contributed by atoms with Crippen molar-refractivity contribution in [2.75, 3.05) is 19.0 Å². The lowest BCUT2D eigenvalue weighted by Crippen LogP contribution is -2.36. The van der Waals surface area contributed by atoms with Gasteiger partial charge in [-0.2, -0.15) is 0 Å². The van der Waals surface area contributed by atoms with E-state index in [-0.39, 0.29) is 18.4 Å². The molecular weight excluding hydrogens is 346 g/mol. The van der Waals surface area contributed by atoms with Gasteiger partial charge in [0.05, 0.1) is 13.7 Å². The van der Waals surface area contributed by atoms with Gasteiger partial charge in [0.15, 0.2) is 0 Å². The Bertz CT molecular complexity index is 811. The summed E-state index contributed by atoms with van der Waals surface area (Å²) in [7, 11) is 1.29. The Balaban J connectivity index is 1.79. The Labute approximate surface area is 158 Å². The summed E-state index contributed by atoms with van der Waals surface area (Å²) in [5, 5.41) is 7.89. The maximum absolute atomic E-state index is 12.1. The first-order valence-corrected chi connectivity index (χ1v) is 8.44. The molecule has 2 aromatic rings. The molecule has 0 bridgehead atoms. The van der Waals surface area contributed by atoms with Crippen LogP contribution in [-0.2, 0) is 16.1 Å². The maximum atomic E-state index is 12.1. The summed E-state index contributed by atoms with van der Waals surface area (Å²) >= 11 is 0. The summed E-state index contributed by atoms with van der Waals surface area (Å²) in [5.74, 6) is -0.570. The molecular formula is C20H23N3O4. The van der Waals surface area contributed by atoms with Crippen molar-refractivity contribution < 1.29 is 19.1 Å². The summed E-state index contributed by atoms with van der Waals surface area (Å²) < 4.78 is 4.51. The number of anilines is 1. The number of ether oxygens (including phenoxy) is 1. The zero-order chi connectivity index (χ0) is 19.8. The van der Waals surface area contributed by atoms with Crippen molar-refractivity contribution in [1.82, 2.24) is 10.6 Å². The van der Waals surface area contributed by atoms with Crippen LogP contribution in [0.1, 0.15) is 27.0 Å². The predicted octanol–water partition coefficient (Wildman–Crippen LogP) is 2.53. The Kier molecular flexibility index (Phi) is 6.93. The molecule has 0 aliphatic heterocycles. The first-order valence-electron chi connectivity index (χ1n) is 8.44. The van der Waals surface area contributed by atoms with Crippen molar-refractivity contribution >= 4 is 23.6 Å². The molecule has 0 fully saturated rings. The number of carbonyl (C=O) groups excluding carboxylic acids is 3. The monoisotopic (exact) mass is 369 g/mol. The fraction of sp³-hybridized carbons (Fsp3) is 0.250. The highest BCUT2D eigenvalue weighted by atomic mass is 16.5. The quantitative estimate of drug-likeness (QED) is 0.729. The largest absolute Gasteiger partial charge is 0.453 e. The van der Waals surface area contributed by atoms with Crippen molar-refractivity contribution in [2.45, 2.75) is 20.4 Å². The van der Waals surface area contributed by atoms with Crippen molar-refractivity contribution in [3.8, 4) is 0 Å². The van der Waals surface area contributed by atoms with E-state index < -0.39 is 6.09 Å². The van der Waals surface area contributed by atoms with Crippen molar-refractivity contribution in [2.24, 2.45) is 0 Å². The summed E-state index contributed by atoms with van der Waals surface area (Å²) in [5.41, 5.74) is 3.98. The van der Waals surface area contributed by atoms with Gasteiger partial charge in [0.1, 0.15) is 0 Å². The second kappa shape index (κ2) is 9.38. The Morgan fingerprint density at radius 3 is 2.15 bits per heavy atom. The molecule has 7 nitrogen and oxygen atoms in total. The van der Waals surface area contributed by atoms with Crippen LogP contribution in [0.2, 0.25) is 0 Å². The highest BCUT2D eigenvalue weighted by Crippen LogP contribution is 2.10. The van der Waals surface area contributed by atoms with Crippen LogP contribution in [0.5, 0.6) is 0 Å². The number of benzene rings is 2. The first-order chi connectivity index (χ1) is 12.9. The third-order valence-electron chi connectivity index (χ3n) is 3.77. The molecule has 3 N–H and O–H groups in total. The molecule has 0 aliphatic rings. The van der Waals surface area contributed by atoms with E-state index in [0.29, 0.717) is 17.8 Å². The third kappa shape index (κ3) is 6.47. The molecule has 0 saturated carbocycles. The number of carbonyl (C=O) groups is 3. The molecule has 27 heavy (non-hydrogen) atoms. The van der Waals surface area contributed by atoms with E-state index in [4.69, 9.17) is 0 Å². The van der Waals surface area contributed by atoms with Crippen LogP contribution in [0.25, 0.3) is 0 Å².